The van der Waals surface area contributed by atoms with E-state index in [2.05, 4.69) is 11.4 Å². The SMILES string of the molecule is Cc1ccc(Cl)cc1NC(C)C#N. The van der Waals surface area contributed by atoms with Crippen molar-refractivity contribution >= 4 is 17.3 Å². The van der Waals surface area contributed by atoms with Crippen molar-refractivity contribution in [1.29, 1.82) is 5.26 Å². The van der Waals surface area contributed by atoms with Crippen molar-refractivity contribution in [2.45, 2.75) is 19.9 Å². The molecule has 0 saturated heterocycles. The first kappa shape index (κ1) is 9.88. The third-order valence-corrected chi connectivity index (χ3v) is 2.00. The van der Waals surface area contributed by atoms with Gasteiger partial charge in [-0.05, 0) is 31.5 Å². The third kappa shape index (κ3) is 2.64. The Kier molecular flexibility index (Phi) is 3.16. The Morgan fingerprint density at radius 2 is 2.23 bits per heavy atom. The first-order valence-corrected chi connectivity index (χ1v) is 4.43. The molecule has 0 aliphatic heterocycles. The fraction of sp³-hybridized carbons (Fsp3) is 0.300. The Morgan fingerprint density at radius 3 is 2.85 bits per heavy atom. The highest BCUT2D eigenvalue weighted by Gasteiger charge is 2.02. The maximum atomic E-state index is 8.61. The fourth-order valence-electron chi connectivity index (χ4n) is 1.02. The first-order valence-electron chi connectivity index (χ1n) is 4.06. The van der Waals surface area contributed by atoms with Crippen molar-refractivity contribution in [3.8, 4) is 6.07 Å². The molecule has 0 aliphatic carbocycles. The largest absolute Gasteiger partial charge is 0.370 e. The van der Waals surface area contributed by atoms with Crippen LogP contribution in [0.25, 0.3) is 0 Å². The van der Waals surface area contributed by atoms with Crippen LogP contribution in [0.1, 0.15) is 12.5 Å². The Morgan fingerprint density at radius 1 is 1.54 bits per heavy atom. The van der Waals surface area contributed by atoms with E-state index >= 15 is 0 Å². The summed E-state index contributed by atoms with van der Waals surface area (Å²) in [5, 5.41) is 12.3. The number of rotatable bonds is 2. The molecule has 0 fully saturated rings. The standard InChI is InChI=1S/C10H11ClN2/c1-7-3-4-9(11)5-10(7)13-8(2)6-12/h3-5,8,13H,1-2H3. The second-order valence-electron chi connectivity index (χ2n) is 2.95. The van der Waals surface area contributed by atoms with Crippen LogP contribution in [0, 0.1) is 18.3 Å². The van der Waals surface area contributed by atoms with Gasteiger partial charge in [0.15, 0.2) is 0 Å². The van der Waals surface area contributed by atoms with Gasteiger partial charge in [-0.15, -0.1) is 0 Å². The van der Waals surface area contributed by atoms with Gasteiger partial charge in [0.1, 0.15) is 6.04 Å². The van der Waals surface area contributed by atoms with E-state index < -0.39 is 0 Å². The number of nitriles is 1. The number of hydrogen-bond donors (Lipinski definition) is 1. The van der Waals surface area contributed by atoms with E-state index in [9.17, 15) is 0 Å². The quantitative estimate of drug-likeness (QED) is 0.786. The minimum absolute atomic E-state index is 0.197. The van der Waals surface area contributed by atoms with Gasteiger partial charge in [-0.25, -0.2) is 0 Å². The van der Waals surface area contributed by atoms with Crippen LogP contribution in [0.5, 0.6) is 0 Å². The smallest absolute Gasteiger partial charge is 0.111 e. The van der Waals surface area contributed by atoms with Gasteiger partial charge < -0.3 is 5.32 Å². The third-order valence-electron chi connectivity index (χ3n) is 1.77. The summed E-state index contributed by atoms with van der Waals surface area (Å²) in [7, 11) is 0. The average Bonchev–Trinajstić information content (AvgIpc) is 2.11. The van der Waals surface area contributed by atoms with Gasteiger partial charge in [0.05, 0.1) is 6.07 Å². The van der Waals surface area contributed by atoms with Crippen molar-refractivity contribution in [3.05, 3.63) is 28.8 Å². The number of aryl methyl sites for hydroxylation is 1. The average molecular weight is 195 g/mol. The lowest BCUT2D eigenvalue weighted by Crippen LogP contribution is -2.12. The van der Waals surface area contributed by atoms with Crippen molar-refractivity contribution in [1.82, 2.24) is 0 Å². The minimum atomic E-state index is -0.197. The van der Waals surface area contributed by atoms with E-state index in [0.29, 0.717) is 5.02 Å². The van der Waals surface area contributed by atoms with Gasteiger partial charge in [0.2, 0.25) is 0 Å². The van der Waals surface area contributed by atoms with Gasteiger partial charge in [-0.2, -0.15) is 5.26 Å². The van der Waals surface area contributed by atoms with E-state index in [0.717, 1.165) is 11.3 Å². The Bertz CT molecular complexity index is 341. The van der Waals surface area contributed by atoms with Crippen LogP contribution in [-0.2, 0) is 0 Å². The van der Waals surface area contributed by atoms with Gasteiger partial charge in [-0.1, -0.05) is 17.7 Å². The summed E-state index contributed by atoms with van der Waals surface area (Å²) in [6.07, 6.45) is 0. The highest BCUT2D eigenvalue weighted by molar-refractivity contribution is 6.30. The van der Waals surface area contributed by atoms with Gasteiger partial charge in [0, 0.05) is 10.7 Å². The highest BCUT2D eigenvalue weighted by Crippen LogP contribution is 2.20. The Balaban J connectivity index is 2.88. The maximum Gasteiger partial charge on any atom is 0.111 e. The lowest BCUT2D eigenvalue weighted by atomic mass is 10.2. The number of hydrogen-bond acceptors (Lipinski definition) is 2. The molecule has 68 valence electrons. The molecular weight excluding hydrogens is 184 g/mol. The zero-order valence-corrected chi connectivity index (χ0v) is 8.39. The number of nitrogens with one attached hydrogen (secondary N) is 1. The van der Waals surface area contributed by atoms with E-state index in [4.69, 9.17) is 16.9 Å². The Hall–Kier alpha value is -1.20. The summed E-state index contributed by atoms with van der Waals surface area (Å²) in [6, 6.07) is 7.49. The van der Waals surface area contributed by atoms with Crippen LogP contribution in [-0.4, -0.2) is 6.04 Å². The number of benzene rings is 1. The summed E-state index contributed by atoms with van der Waals surface area (Å²) in [5.74, 6) is 0. The second kappa shape index (κ2) is 4.15. The van der Waals surface area contributed by atoms with Gasteiger partial charge >= 0.3 is 0 Å². The van der Waals surface area contributed by atoms with Crippen LogP contribution in [0.3, 0.4) is 0 Å². The molecular formula is C10H11ClN2. The van der Waals surface area contributed by atoms with Crippen molar-refractivity contribution < 1.29 is 0 Å². The molecule has 0 bridgehead atoms. The molecule has 0 aliphatic rings. The second-order valence-corrected chi connectivity index (χ2v) is 3.39. The molecule has 2 nitrogen and oxygen atoms in total. The Labute approximate surface area is 83.1 Å². The molecule has 0 radical (unpaired) electrons. The minimum Gasteiger partial charge on any atom is -0.370 e. The number of nitrogens with zero attached hydrogens (tertiary/aromatic N) is 1. The molecule has 0 heterocycles. The molecule has 1 unspecified atom stereocenters. The molecule has 1 aromatic carbocycles. The van der Waals surface area contributed by atoms with E-state index in [1.54, 1.807) is 6.92 Å². The maximum absolute atomic E-state index is 8.61. The summed E-state index contributed by atoms with van der Waals surface area (Å²) in [5.41, 5.74) is 2.01. The molecule has 1 atom stereocenters. The molecule has 3 heteroatoms. The van der Waals surface area contributed by atoms with Crippen molar-refractivity contribution in [2.75, 3.05) is 5.32 Å². The number of halogens is 1. The molecule has 1 aromatic rings. The van der Waals surface area contributed by atoms with E-state index in [-0.39, 0.29) is 6.04 Å². The predicted molar refractivity (Wildman–Crippen MR) is 54.9 cm³/mol. The normalized spacial score (nSPS) is 11.8. The molecule has 0 amide bonds. The van der Waals surface area contributed by atoms with Crippen LogP contribution in [0.4, 0.5) is 5.69 Å². The zero-order chi connectivity index (χ0) is 9.84. The van der Waals surface area contributed by atoms with Crippen LogP contribution in [0.2, 0.25) is 5.02 Å². The van der Waals surface area contributed by atoms with Gasteiger partial charge in [-0.3, -0.25) is 0 Å². The molecule has 0 spiro atoms. The van der Waals surface area contributed by atoms with E-state index in [1.165, 1.54) is 0 Å². The highest BCUT2D eigenvalue weighted by atomic mass is 35.5. The molecule has 1 N–H and O–H groups in total. The summed E-state index contributed by atoms with van der Waals surface area (Å²) in [4.78, 5) is 0. The molecule has 0 saturated carbocycles. The lowest BCUT2D eigenvalue weighted by Gasteiger charge is -2.10. The first-order chi connectivity index (χ1) is 6.13. The summed E-state index contributed by atoms with van der Waals surface area (Å²) >= 11 is 5.82. The van der Waals surface area contributed by atoms with Crippen LogP contribution in [0.15, 0.2) is 18.2 Å². The summed E-state index contributed by atoms with van der Waals surface area (Å²) in [6.45, 7) is 3.78. The van der Waals surface area contributed by atoms with Crippen molar-refractivity contribution in [2.24, 2.45) is 0 Å². The molecule has 13 heavy (non-hydrogen) atoms. The van der Waals surface area contributed by atoms with Crippen LogP contribution >= 0.6 is 11.6 Å². The summed E-state index contributed by atoms with van der Waals surface area (Å²) < 4.78 is 0. The number of anilines is 1. The van der Waals surface area contributed by atoms with Crippen molar-refractivity contribution in [3.63, 3.8) is 0 Å². The zero-order valence-electron chi connectivity index (χ0n) is 7.63. The predicted octanol–water partition coefficient (Wildman–Crippen LogP) is 2.97. The lowest BCUT2D eigenvalue weighted by molar-refractivity contribution is 1.01. The molecule has 0 aromatic heterocycles. The van der Waals surface area contributed by atoms with E-state index in [1.807, 2.05) is 25.1 Å². The fourth-order valence-corrected chi connectivity index (χ4v) is 1.19. The monoisotopic (exact) mass is 194 g/mol. The molecule has 1 rings (SSSR count). The topological polar surface area (TPSA) is 35.8 Å². The van der Waals surface area contributed by atoms with Crippen LogP contribution < -0.4 is 5.32 Å². The van der Waals surface area contributed by atoms with Gasteiger partial charge in [0.25, 0.3) is 0 Å².